The smallest absolute Gasteiger partial charge is 0.261 e. The van der Waals surface area contributed by atoms with Crippen LogP contribution in [0.4, 0.5) is 0 Å². The highest BCUT2D eigenvalue weighted by atomic mass is 28.4. The molecule has 0 bridgehead atoms. The fraction of sp³-hybridized carbons (Fsp3) is 0.567. The summed E-state index contributed by atoms with van der Waals surface area (Å²) < 4.78 is 19.8. The molecule has 198 valence electrons. The number of epoxide rings is 1. The van der Waals surface area contributed by atoms with Crippen LogP contribution < -0.4 is 10.4 Å². The standard InChI is InChI=1S/C30H46O4Si2/c1-28(2,3)35(8,9)34-24(22-30(7)27(23-31)33-30)20-21-32-36(29(4,5)6,25-16-12-10-13-17-25)26-18-14-11-15-19-26/h10-19,23-24,27H,20-22H2,1-9H3/t24-,27-,30-/m1/s1. The van der Waals surface area contributed by atoms with Gasteiger partial charge in [-0.05, 0) is 46.9 Å². The number of carbonyl (C=O) groups is 1. The third-order valence-corrected chi connectivity index (χ3v) is 17.7. The minimum Gasteiger partial charge on any atom is -0.414 e. The van der Waals surface area contributed by atoms with E-state index < -0.39 is 22.2 Å². The van der Waals surface area contributed by atoms with Crippen LogP contribution in [0.25, 0.3) is 0 Å². The molecule has 1 fully saturated rings. The molecule has 0 unspecified atom stereocenters. The van der Waals surface area contributed by atoms with Gasteiger partial charge in [0.25, 0.3) is 8.32 Å². The number of aldehydes is 1. The quantitative estimate of drug-likeness (QED) is 0.202. The average molecular weight is 527 g/mol. The number of benzene rings is 2. The summed E-state index contributed by atoms with van der Waals surface area (Å²) in [5.74, 6) is 0. The highest BCUT2D eigenvalue weighted by Crippen LogP contribution is 2.43. The molecule has 2 aromatic carbocycles. The average Bonchev–Trinajstić information content (AvgIpc) is 3.45. The lowest BCUT2D eigenvalue weighted by molar-refractivity contribution is -0.108. The van der Waals surface area contributed by atoms with Crippen LogP contribution in [0.5, 0.6) is 0 Å². The van der Waals surface area contributed by atoms with Crippen LogP contribution in [0.2, 0.25) is 23.2 Å². The van der Waals surface area contributed by atoms with E-state index in [2.05, 4.69) is 115 Å². The van der Waals surface area contributed by atoms with Gasteiger partial charge in [-0.25, -0.2) is 0 Å². The maximum absolute atomic E-state index is 11.4. The Bertz CT molecular complexity index is 956. The van der Waals surface area contributed by atoms with Gasteiger partial charge in [0, 0.05) is 13.0 Å². The van der Waals surface area contributed by atoms with E-state index in [1.165, 1.54) is 10.4 Å². The molecule has 4 nitrogen and oxygen atoms in total. The van der Waals surface area contributed by atoms with Crippen molar-refractivity contribution in [1.82, 2.24) is 0 Å². The highest BCUT2D eigenvalue weighted by Gasteiger charge is 2.55. The van der Waals surface area contributed by atoms with Crippen LogP contribution in [0.1, 0.15) is 61.3 Å². The van der Waals surface area contributed by atoms with Crippen molar-refractivity contribution in [2.75, 3.05) is 6.61 Å². The Labute approximate surface area is 221 Å². The molecule has 0 spiro atoms. The summed E-state index contributed by atoms with van der Waals surface area (Å²) in [5.41, 5.74) is -0.438. The maximum Gasteiger partial charge on any atom is 0.261 e. The van der Waals surface area contributed by atoms with E-state index in [1.807, 2.05) is 6.92 Å². The molecule has 1 saturated heterocycles. The molecule has 6 heteroatoms. The molecule has 0 amide bonds. The number of hydrogen-bond acceptors (Lipinski definition) is 4. The summed E-state index contributed by atoms with van der Waals surface area (Å²) in [6, 6.07) is 21.5. The van der Waals surface area contributed by atoms with E-state index in [-0.39, 0.29) is 22.3 Å². The Kier molecular flexibility index (Phi) is 8.58. The predicted octanol–water partition coefficient (Wildman–Crippen LogP) is 6.09. The molecule has 2 aromatic rings. The first-order valence-electron chi connectivity index (χ1n) is 13.2. The normalized spacial score (nSPS) is 21.8. The van der Waals surface area contributed by atoms with Crippen LogP contribution in [-0.4, -0.2) is 47.3 Å². The molecule has 0 aliphatic carbocycles. The van der Waals surface area contributed by atoms with Gasteiger partial charge in [-0.3, -0.25) is 0 Å². The van der Waals surface area contributed by atoms with E-state index in [1.54, 1.807) is 0 Å². The Morgan fingerprint density at radius 1 is 0.917 bits per heavy atom. The Balaban J connectivity index is 1.90. The van der Waals surface area contributed by atoms with Crippen LogP contribution in [0.15, 0.2) is 60.7 Å². The van der Waals surface area contributed by atoms with Gasteiger partial charge in [0.15, 0.2) is 14.6 Å². The number of carbonyl (C=O) groups excluding carboxylic acids is 1. The van der Waals surface area contributed by atoms with Crippen molar-refractivity contribution in [1.29, 1.82) is 0 Å². The van der Waals surface area contributed by atoms with Crippen LogP contribution in [0.3, 0.4) is 0 Å². The van der Waals surface area contributed by atoms with Crippen molar-refractivity contribution in [3.8, 4) is 0 Å². The number of ether oxygens (including phenoxy) is 1. The van der Waals surface area contributed by atoms with E-state index in [9.17, 15) is 4.79 Å². The number of hydrogen-bond donors (Lipinski definition) is 0. The molecule has 0 aromatic heterocycles. The van der Waals surface area contributed by atoms with Crippen LogP contribution >= 0.6 is 0 Å². The van der Waals surface area contributed by atoms with Crippen molar-refractivity contribution in [3.63, 3.8) is 0 Å². The van der Waals surface area contributed by atoms with Gasteiger partial charge < -0.3 is 18.4 Å². The monoisotopic (exact) mass is 526 g/mol. The molecule has 36 heavy (non-hydrogen) atoms. The van der Waals surface area contributed by atoms with Gasteiger partial charge in [0.1, 0.15) is 11.7 Å². The van der Waals surface area contributed by atoms with Crippen LogP contribution in [-0.2, 0) is 18.4 Å². The molecular formula is C30H46O4Si2. The summed E-state index contributed by atoms with van der Waals surface area (Å²) in [6.45, 7) is 20.9. The minimum absolute atomic E-state index is 0.0287. The molecule has 3 atom stereocenters. The summed E-state index contributed by atoms with van der Waals surface area (Å²) in [4.78, 5) is 11.4. The van der Waals surface area contributed by atoms with Crippen molar-refractivity contribution < 1.29 is 18.4 Å². The van der Waals surface area contributed by atoms with Gasteiger partial charge in [0.2, 0.25) is 0 Å². The van der Waals surface area contributed by atoms with Gasteiger partial charge in [-0.15, -0.1) is 0 Å². The second-order valence-corrected chi connectivity index (χ2v) is 22.1. The van der Waals surface area contributed by atoms with E-state index in [4.69, 9.17) is 13.6 Å². The van der Waals surface area contributed by atoms with Crippen molar-refractivity contribution in [2.24, 2.45) is 0 Å². The fourth-order valence-corrected chi connectivity index (χ4v) is 10.9. The summed E-state index contributed by atoms with van der Waals surface area (Å²) in [7, 11) is -4.63. The molecule has 0 radical (unpaired) electrons. The molecule has 0 N–H and O–H groups in total. The SMILES string of the molecule is CC(C)(C)[Si](C)(C)O[C@H](CCO[Si](c1ccccc1)(c1ccccc1)C(C)(C)C)C[C@@]1(C)O[C@@H]1C=O. The first-order chi connectivity index (χ1) is 16.7. The van der Waals surface area contributed by atoms with Gasteiger partial charge in [-0.1, -0.05) is 102 Å². The second kappa shape index (κ2) is 10.7. The van der Waals surface area contributed by atoms with Crippen molar-refractivity contribution in [3.05, 3.63) is 60.7 Å². The Morgan fingerprint density at radius 2 is 1.42 bits per heavy atom. The number of rotatable bonds is 11. The van der Waals surface area contributed by atoms with E-state index in [0.29, 0.717) is 13.0 Å². The molecule has 1 aliphatic heterocycles. The maximum atomic E-state index is 11.4. The molecule has 1 heterocycles. The zero-order valence-corrected chi connectivity index (χ0v) is 25.8. The Morgan fingerprint density at radius 3 is 1.81 bits per heavy atom. The van der Waals surface area contributed by atoms with Gasteiger partial charge >= 0.3 is 0 Å². The third-order valence-electron chi connectivity index (χ3n) is 8.14. The molecule has 1 aliphatic rings. The van der Waals surface area contributed by atoms with Gasteiger partial charge in [-0.2, -0.15) is 0 Å². The summed E-state index contributed by atoms with van der Waals surface area (Å²) in [5, 5.41) is 2.59. The lowest BCUT2D eigenvalue weighted by Crippen LogP contribution is -2.66. The molecular weight excluding hydrogens is 480 g/mol. The summed E-state index contributed by atoms with van der Waals surface area (Å²) in [6.07, 6.45) is 2.02. The van der Waals surface area contributed by atoms with Crippen LogP contribution in [0, 0.1) is 0 Å². The molecule has 3 rings (SSSR count). The second-order valence-electron chi connectivity index (χ2n) is 13.0. The third kappa shape index (κ3) is 6.10. The van der Waals surface area contributed by atoms with Gasteiger partial charge in [0.05, 0.1) is 6.10 Å². The fourth-order valence-electron chi connectivity index (χ4n) is 4.95. The zero-order valence-electron chi connectivity index (χ0n) is 23.8. The lowest BCUT2D eigenvalue weighted by atomic mass is 9.99. The predicted molar refractivity (Wildman–Crippen MR) is 154 cm³/mol. The first kappa shape index (κ1) is 29.0. The highest BCUT2D eigenvalue weighted by molar-refractivity contribution is 6.99. The summed E-state index contributed by atoms with van der Waals surface area (Å²) >= 11 is 0. The minimum atomic E-state index is -2.61. The zero-order chi connectivity index (χ0) is 26.8. The lowest BCUT2D eigenvalue weighted by Gasteiger charge is -2.44. The van der Waals surface area contributed by atoms with Crippen molar-refractivity contribution >= 4 is 33.3 Å². The van der Waals surface area contributed by atoms with E-state index >= 15 is 0 Å². The first-order valence-corrected chi connectivity index (χ1v) is 18.0. The van der Waals surface area contributed by atoms with Crippen molar-refractivity contribution in [2.45, 2.75) is 102 Å². The van der Waals surface area contributed by atoms with E-state index in [0.717, 1.165) is 12.7 Å². The Hall–Kier alpha value is -1.58. The molecule has 0 saturated carbocycles. The topological polar surface area (TPSA) is 48.1 Å². The largest absolute Gasteiger partial charge is 0.414 e.